The van der Waals surface area contributed by atoms with Gasteiger partial charge in [0.25, 0.3) is 5.56 Å². The maximum Gasteiger partial charge on any atom is 0.251 e. The monoisotopic (exact) mass is 388 g/mol. The summed E-state index contributed by atoms with van der Waals surface area (Å²) in [5.41, 5.74) is 0.522. The third kappa shape index (κ3) is 4.59. The van der Waals surface area contributed by atoms with E-state index in [1.165, 1.54) is 10.6 Å². The molecule has 4 nitrogen and oxygen atoms in total. The Balaban J connectivity index is 1.99. The topological polar surface area (TPSA) is 51.1 Å². The van der Waals surface area contributed by atoms with Crippen molar-refractivity contribution in [3.8, 4) is 0 Å². The van der Waals surface area contributed by atoms with Crippen LogP contribution in [-0.4, -0.2) is 10.5 Å². The molecule has 1 aromatic carbocycles. The van der Waals surface area contributed by atoms with E-state index in [0.717, 1.165) is 10.0 Å². The Hall–Kier alpha value is -1.30. The zero-order chi connectivity index (χ0) is 15.4. The Labute approximate surface area is 139 Å². The van der Waals surface area contributed by atoms with E-state index in [0.29, 0.717) is 10.0 Å². The lowest BCUT2D eigenvalue weighted by Gasteiger charge is -2.09. The quantitative estimate of drug-likeness (QED) is 0.872. The number of hydrogen-bond acceptors (Lipinski definition) is 2. The zero-order valence-electron chi connectivity index (χ0n) is 10.8. The lowest BCUT2D eigenvalue weighted by Crippen LogP contribution is -2.31. The molecule has 0 aliphatic rings. The Morgan fingerprint density at radius 1 is 1.24 bits per heavy atom. The third-order valence-corrected chi connectivity index (χ3v) is 3.81. The van der Waals surface area contributed by atoms with Gasteiger partial charge < -0.3 is 9.88 Å². The molecule has 1 heterocycles. The molecular formula is C14H11BrCl2N2O2. The number of amides is 1. The molecule has 0 bridgehead atoms. The van der Waals surface area contributed by atoms with Crippen molar-refractivity contribution in [2.24, 2.45) is 0 Å². The van der Waals surface area contributed by atoms with Gasteiger partial charge in [-0.05, 0) is 39.7 Å². The fraction of sp³-hybridized carbons (Fsp3) is 0.143. The van der Waals surface area contributed by atoms with Gasteiger partial charge in [-0.1, -0.05) is 29.3 Å². The van der Waals surface area contributed by atoms with E-state index in [9.17, 15) is 9.59 Å². The van der Waals surface area contributed by atoms with E-state index in [4.69, 9.17) is 23.2 Å². The van der Waals surface area contributed by atoms with E-state index in [1.54, 1.807) is 30.5 Å². The molecule has 0 radical (unpaired) electrons. The molecule has 1 amide bonds. The molecule has 1 aromatic heterocycles. The Morgan fingerprint density at radius 2 is 2.00 bits per heavy atom. The predicted molar refractivity (Wildman–Crippen MR) is 86.7 cm³/mol. The number of nitrogens with one attached hydrogen (secondary N) is 1. The summed E-state index contributed by atoms with van der Waals surface area (Å²) in [6.07, 6.45) is 1.57. The lowest BCUT2D eigenvalue weighted by molar-refractivity contribution is -0.121. The van der Waals surface area contributed by atoms with E-state index >= 15 is 0 Å². The van der Waals surface area contributed by atoms with Crippen LogP contribution in [-0.2, 0) is 17.9 Å². The molecule has 2 aromatic rings. The van der Waals surface area contributed by atoms with Crippen LogP contribution in [0.4, 0.5) is 0 Å². The van der Waals surface area contributed by atoms with E-state index in [-0.39, 0.29) is 24.6 Å². The standard InChI is InChI=1S/C14H11BrCl2N2O2/c15-10-2-4-14(21)19(7-10)8-13(20)18-6-9-1-3-11(16)5-12(9)17/h1-5,7H,6,8H2,(H,18,20). The van der Waals surface area contributed by atoms with Gasteiger partial charge in [0.2, 0.25) is 5.91 Å². The summed E-state index contributed by atoms with van der Waals surface area (Å²) in [4.78, 5) is 23.5. The van der Waals surface area contributed by atoms with Gasteiger partial charge in [0.1, 0.15) is 6.54 Å². The van der Waals surface area contributed by atoms with Crippen molar-refractivity contribution in [1.29, 1.82) is 0 Å². The summed E-state index contributed by atoms with van der Waals surface area (Å²) in [6, 6.07) is 8.09. The number of carbonyl (C=O) groups is 1. The predicted octanol–water partition coefficient (Wildman–Crippen LogP) is 3.23. The van der Waals surface area contributed by atoms with Crippen molar-refractivity contribution in [2.45, 2.75) is 13.1 Å². The number of nitrogens with zero attached hydrogens (tertiary/aromatic N) is 1. The number of halogens is 3. The number of benzene rings is 1. The van der Waals surface area contributed by atoms with Crippen molar-refractivity contribution in [3.63, 3.8) is 0 Å². The lowest BCUT2D eigenvalue weighted by atomic mass is 10.2. The maximum atomic E-state index is 11.9. The first-order valence-corrected chi connectivity index (χ1v) is 7.57. The second-order valence-electron chi connectivity index (χ2n) is 4.33. The molecule has 0 unspecified atom stereocenters. The van der Waals surface area contributed by atoms with Crippen molar-refractivity contribution in [3.05, 3.63) is 67.0 Å². The van der Waals surface area contributed by atoms with Crippen LogP contribution in [0.25, 0.3) is 0 Å². The number of aromatic nitrogens is 1. The number of hydrogen-bond donors (Lipinski definition) is 1. The van der Waals surface area contributed by atoms with Crippen LogP contribution in [0.5, 0.6) is 0 Å². The highest BCUT2D eigenvalue weighted by molar-refractivity contribution is 9.10. The maximum absolute atomic E-state index is 11.9. The summed E-state index contributed by atoms with van der Waals surface area (Å²) in [7, 11) is 0. The van der Waals surface area contributed by atoms with E-state index in [1.807, 2.05) is 0 Å². The minimum atomic E-state index is -0.277. The van der Waals surface area contributed by atoms with Crippen LogP contribution in [0.3, 0.4) is 0 Å². The summed E-state index contributed by atoms with van der Waals surface area (Å²) in [5, 5.41) is 3.74. The highest BCUT2D eigenvalue weighted by Crippen LogP contribution is 2.20. The first kappa shape index (κ1) is 16.1. The largest absolute Gasteiger partial charge is 0.350 e. The molecule has 7 heteroatoms. The average molecular weight is 390 g/mol. The van der Waals surface area contributed by atoms with Crippen LogP contribution in [0.2, 0.25) is 10.0 Å². The second kappa shape index (κ2) is 7.11. The zero-order valence-corrected chi connectivity index (χ0v) is 13.9. The Morgan fingerprint density at radius 3 is 2.71 bits per heavy atom. The molecule has 0 atom stereocenters. The van der Waals surface area contributed by atoms with Gasteiger partial charge >= 0.3 is 0 Å². The summed E-state index contributed by atoms with van der Waals surface area (Å²) in [6.45, 7) is 0.223. The summed E-state index contributed by atoms with van der Waals surface area (Å²) < 4.78 is 2.05. The highest BCUT2D eigenvalue weighted by atomic mass is 79.9. The SMILES string of the molecule is O=C(Cn1cc(Br)ccc1=O)NCc1ccc(Cl)cc1Cl. The molecule has 0 saturated heterocycles. The van der Waals surface area contributed by atoms with Gasteiger partial charge in [-0.25, -0.2) is 0 Å². The number of carbonyl (C=O) groups excluding carboxylic acids is 1. The minimum absolute atomic E-state index is 0.0521. The minimum Gasteiger partial charge on any atom is -0.350 e. The van der Waals surface area contributed by atoms with Gasteiger partial charge in [0, 0.05) is 33.3 Å². The van der Waals surface area contributed by atoms with Crippen molar-refractivity contribution in [2.75, 3.05) is 0 Å². The Kier molecular flexibility index (Phi) is 5.45. The molecule has 21 heavy (non-hydrogen) atoms. The van der Waals surface area contributed by atoms with Crippen molar-refractivity contribution >= 4 is 45.0 Å². The third-order valence-electron chi connectivity index (χ3n) is 2.75. The van der Waals surface area contributed by atoms with Crippen LogP contribution < -0.4 is 10.9 Å². The van der Waals surface area contributed by atoms with Gasteiger partial charge in [0.05, 0.1) is 0 Å². The van der Waals surface area contributed by atoms with E-state index in [2.05, 4.69) is 21.2 Å². The van der Waals surface area contributed by atoms with Crippen LogP contribution in [0.1, 0.15) is 5.56 Å². The van der Waals surface area contributed by atoms with Crippen LogP contribution >= 0.6 is 39.1 Å². The smallest absolute Gasteiger partial charge is 0.251 e. The first-order valence-electron chi connectivity index (χ1n) is 6.02. The van der Waals surface area contributed by atoms with Gasteiger partial charge in [-0.3, -0.25) is 9.59 Å². The highest BCUT2D eigenvalue weighted by Gasteiger charge is 2.07. The molecule has 110 valence electrons. The van der Waals surface area contributed by atoms with Crippen LogP contribution in [0.15, 0.2) is 45.8 Å². The fourth-order valence-corrected chi connectivity index (χ4v) is 2.55. The van der Waals surface area contributed by atoms with E-state index < -0.39 is 0 Å². The van der Waals surface area contributed by atoms with Crippen molar-refractivity contribution in [1.82, 2.24) is 9.88 Å². The normalized spacial score (nSPS) is 10.4. The van der Waals surface area contributed by atoms with Gasteiger partial charge in [0.15, 0.2) is 0 Å². The van der Waals surface area contributed by atoms with Gasteiger partial charge in [-0.15, -0.1) is 0 Å². The second-order valence-corrected chi connectivity index (χ2v) is 6.09. The van der Waals surface area contributed by atoms with Gasteiger partial charge in [-0.2, -0.15) is 0 Å². The molecule has 2 rings (SSSR count). The van der Waals surface area contributed by atoms with Crippen LogP contribution in [0, 0.1) is 0 Å². The molecule has 0 spiro atoms. The fourth-order valence-electron chi connectivity index (χ4n) is 1.70. The molecule has 0 saturated carbocycles. The number of rotatable bonds is 4. The number of pyridine rings is 1. The Bertz CT molecular complexity index is 731. The molecule has 0 aliphatic carbocycles. The molecular weight excluding hydrogens is 379 g/mol. The molecule has 1 N–H and O–H groups in total. The average Bonchev–Trinajstić information content (AvgIpc) is 2.42. The summed E-state index contributed by atoms with van der Waals surface area (Å²) in [5.74, 6) is -0.277. The van der Waals surface area contributed by atoms with Crippen molar-refractivity contribution < 1.29 is 4.79 Å². The summed E-state index contributed by atoms with van der Waals surface area (Å²) >= 11 is 15.1. The molecule has 0 aliphatic heterocycles. The first-order chi connectivity index (χ1) is 9.95. The molecule has 0 fully saturated rings.